The lowest BCUT2D eigenvalue weighted by Gasteiger charge is -2.16. The first kappa shape index (κ1) is 15.8. The number of halogens is 2. The third-order valence-electron chi connectivity index (χ3n) is 3.47. The number of carbonyl (C=O) groups is 2. The Hall–Kier alpha value is -1.62. The minimum atomic E-state index is -0.990. The van der Waals surface area contributed by atoms with Gasteiger partial charge in [0.05, 0.1) is 5.02 Å². The number of hydrogen-bond acceptors (Lipinski definition) is 2. The first-order valence-corrected chi connectivity index (χ1v) is 7.28. The van der Waals surface area contributed by atoms with Crippen LogP contribution in [0.1, 0.15) is 26.7 Å². The highest BCUT2D eigenvalue weighted by Gasteiger charge is 2.56. The summed E-state index contributed by atoms with van der Waals surface area (Å²) >= 11 is 5.67. The monoisotopic (exact) mass is 312 g/mol. The van der Waals surface area contributed by atoms with Gasteiger partial charge in [-0.25, -0.2) is 4.39 Å². The molecule has 2 N–H and O–H groups in total. The van der Waals surface area contributed by atoms with Crippen LogP contribution < -0.4 is 10.6 Å². The Morgan fingerprint density at radius 1 is 1.33 bits per heavy atom. The summed E-state index contributed by atoms with van der Waals surface area (Å²) in [6, 6.07) is 3.93. The molecule has 114 valence electrons. The predicted octanol–water partition coefficient (Wildman–Crippen LogP) is 2.97. The number of benzene rings is 1. The smallest absolute Gasteiger partial charge is 0.240 e. The van der Waals surface area contributed by atoms with E-state index >= 15 is 0 Å². The van der Waals surface area contributed by atoms with Crippen molar-refractivity contribution in [2.75, 3.05) is 11.9 Å². The number of hydrogen-bond donors (Lipinski definition) is 2. The molecule has 2 rings (SSSR count). The molecule has 1 aliphatic rings. The van der Waals surface area contributed by atoms with Gasteiger partial charge >= 0.3 is 0 Å². The van der Waals surface area contributed by atoms with Crippen LogP contribution in [0.4, 0.5) is 10.1 Å². The number of rotatable bonds is 5. The summed E-state index contributed by atoms with van der Waals surface area (Å²) in [6.07, 6.45) is 1.05. The molecule has 1 fully saturated rings. The lowest BCUT2D eigenvalue weighted by molar-refractivity contribution is -0.134. The van der Waals surface area contributed by atoms with Crippen molar-refractivity contribution in [1.82, 2.24) is 5.32 Å². The van der Waals surface area contributed by atoms with Crippen LogP contribution in [0.15, 0.2) is 18.2 Å². The molecule has 1 saturated carbocycles. The van der Waals surface area contributed by atoms with Crippen LogP contribution in [0.2, 0.25) is 5.02 Å². The standard InChI is InChI=1S/C15H18ClFN2O2/c1-9(2)8-18-13(20)15(5-6-15)14(21)19-10-3-4-12(17)11(16)7-10/h3-4,7,9H,5-6,8H2,1-2H3,(H,18,20)(H,19,21). The lowest BCUT2D eigenvalue weighted by atomic mass is 10.0. The topological polar surface area (TPSA) is 58.2 Å². The van der Waals surface area contributed by atoms with Crippen LogP contribution in [0.5, 0.6) is 0 Å². The molecule has 0 bridgehead atoms. The number of nitrogens with one attached hydrogen (secondary N) is 2. The van der Waals surface area contributed by atoms with Gasteiger partial charge in [-0.1, -0.05) is 25.4 Å². The largest absolute Gasteiger partial charge is 0.355 e. The van der Waals surface area contributed by atoms with Gasteiger partial charge in [-0.05, 0) is 37.0 Å². The van der Waals surface area contributed by atoms with Crippen LogP contribution in [0.3, 0.4) is 0 Å². The molecule has 4 nitrogen and oxygen atoms in total. The van der Waals surface area contributed by atoms with Crippen molar-refractivity contribution in [3.8, 4) is 0 Å². The van der Waals surface area contributed by atoms with Gasteiger partial charge in [-0.3, -0.25) is 9.59 Å². The summed E-state index contributed by atoms with van der Waals surface area (Å²) in [5.74, 6) is -0.845. The van der Waals surface area contributed by atoms with Crippen molar-refractivity contribution in [2.24, 2.45) is 11.3 Å². The summed E-state index contributed by atoms with van der Waals surface area (Å²) in [5, 5.41) is 5.35. The van der Waals surface area contributed by atoms with E-state index in [2.05, 4.69) is 10.6 Å². The van der Waals surface area contributed by atoms with Gasteiger partial charge < -0.3 is 10.6 Å². The zero-order valence-electron chi connectivity index (χ0n) is 12.0. The number of amides is 2. The molecular weight excluding hydrogens is 295 g/mol. The summed E-state index contributed by atoms with van der Waals surface area (Å²) < 4.78 is 13.1. The SMILES string of the molecule is CC(C)CNC(=O)C1(C(=O)Nc2ccc(F)c(Cl)c2)CC1. The molecule has 0 unspecified atom stereocenters. The molecule has 2 amide bonds. The van der Waals surface area contributed by atoms with Crippen LogP contribution in [0.25, 0.3) is 0 Å². The van der Waals surface area contributed by atoms with Gasteiger partial charge in [-0.15, -0.1) is 0 Å². The third kappa shape index (κ3) is 3.53. The Bertz CT molecular complexity index is 571. The van der Waals surface area contributed by atoms with E-state index in [1.807, 2.05) is 13.8 Å². The number of anilines is 1. The summed E-state index contributed by atoms with van der Waals surface area (Å²) in [4.78, 5) is 24.4. The second kappa shape index (κ2) is 6.02. The van der Waals surface area contributed by atoms with Gasteiger partial charge in [0.2, 0.25) is 11.8 Å². The van der Waals surface area contributed by atoms with Crippen LogP contribution in [-0.4, -0.2) is 18.4 Å². The molecule has 6 heteroatoms. The van der Waals surface area contributed by atoms with E-state index in [1.165, 1.54) is 18.2 Å². The molecule has 0 atom stereocenters. The van der Waals surface area contributed by atoms with Crippen molar-refractivity contribution in [2.45, 2.75) is 26.7 Å². The number of carbonyl (C=O) groups excluding carboxylic acids is 2. The van der Waals surface area contributed by atoms with Crippen LogP contribution in [-0.2, 0) is 9.59 Å². The van der Waals surface area contributed by atoms with Crippen LogP contribution in [0, 0.1) is 17.2 Å². The van der Waals surface area contributed by atoms with Crippen molar-refractivity contribution in [1.29, 1.82) is 0 Å². The predicted molar refractivity (Wildman–Crippen MR) is 79.6 cm³/mol. The van der Waals surface area contributed by atoms with E-state index in [0.717, 1.165) is 0 Å². The highest BCUT2D eigenvalue weighted by atomic mass is 35.5. The molecule has 1 aliphatic carbocycles. The normalized spacial score (nSPS) is 15.7. The van der Waals surface area contributed by atoms with Gasteiger partial charge in [0.15, 0.2) is 0 Å². The Morgan fingerprint density at radius 2 is 2.00 bits per heavy atom. The van der Waals surface area contributed by atoms with Gasteiger partial charge in [0.1, 0.15) is 11.2 Å². The lowest BCUT2D eigenvalue weighted by Crippen LogP contribution is -2.41. The molecule has 0 heterocycles. The molecule has 0 saturated heterocycles. The quantitative estimate of drug-likeness (QED) is 0.821. The summed E-state index contributed by atoms with van der Waals surface area (Å²) in [7, 11) is 0. The second-order valence-electron chi connectivity index (χ2n) is 5.77. The molecule has 0 spiro atoms. The maximum Gasteiger partial charge on any atom is 0.240 e. The average molecular weight is 313 g/mol. The van der Waals surface area contributed by atoms with Crippen molar-refractivity contribution in [3.05, 3.63) is 29.0 Å². The van der Waals surface area contributed by atoms with E-state index in [0.29, 0.717) is 31.0 Å². The summed E-state index contributed by atoms with van der Waals surface area (Å²) in [5.41, 5.74) is -0.607. The van der Waals surface area contributed by atoms with E-state index < -0.39 is 11.2 Å². The van der Waals surface area contributed by atoms with Gasteiger partial charge in [0, 0.05) is 12.2 Å². The van der Waals surface area contributed by atoms with E-state index in [9.17, 15) is 14.0 Å². The first-order chi connectivity index (χ1) is 9.85. The van der Waals surface area contributed by atoms with Gasteiger partial charge in [-0.2, -0.15) is 0 Å². The molecule has 0 radical (unpaired) electrons. The zero-order chi connectivity index (χ0) is 15.6. The van der Waals surface area contributed by atoms with E-state index in [4.69, 9.17) is 11.6 Å². The Labute approximate surface area is 128 Å². The van der Waals surface area contributed by atoms with Crippen LogP contribution >= 0.6 is 11.6 Å². The highest BCUT2D eigenvalue weighted by Crippen LogP contribution is 2.46. The molecule has 21 heavy (non-hydrogen) atoms. The molecule has 1 aromatic rings. The molecule has 1 aromatic carbocycles. The fourth-order valence-electron chi connectivity index (χ4n) is 1.97. The van der Waals surface area contributed by atoms with Crippen molar-refractivity contribution in [3.63, 3.8) is 0 Å². The Morgan fingerprint density at radius 3 is 2.52 bits per heavy atom. The summed E-state index contributed by atoms with van der Waals surface area (Å²) in [6.45, 7) is 4.51. The minimum absolute atomic E-state index is 0.0677. The Balaban J connectivity index is 2.02. The zero-order valence-corrected chi connectivity index (χ0v) is 12.8. The maximum absolute atomic E-state index is 13.1. The van der Waals surface area contributed by atoms with Crippen molar-refractivity contribution < 1.29 is 14.0 Å². The molecule has 0 aliphatic heterocycles. The third-order valence-corrected chi connectivity index (χ3v) is 3.76. The first-order valence-electron chi connectivity index (χ1n) is 6.90. The van der Waals surface area contributed by atoms with Crippen molar-refractivity contribution >= 4 is 29.1 Å². The molecular formula is C15H18ClFN2O2. The maximum atomic E-state index is 13.1. The fourth-order valence-corrected chi connectivity index (χ4v) is 2.15. The minimum Gasteiger partial charge on any atom is -0.355 e. The van der Waals surface area contributed by atoms with E-state index in [1.54, 1.807) is 0 Å². The van der Waals surface area contributed by atoms with Gasteiger partial charge in [0.25, 0.3) is 0 Å². The fraction of sp³-hybridized carbons (Fsp3) is 0.467. The van der Waals surface area contributed by atoms with E-state index in [-0.39, 0.29) is 16.8 Å². The average Bonchev–Trinajstić information content (AvgIpc) is 3.21. The second-order valence-corrected chi connectivity index (χ2v) is 6.18. The highest BCUT2D eigenvalue weighted by molar-refractivity contribution is 6.31. The Kier molecular flexibility index (Phi) is 4.52. The molecule has 0 aromatic heterocycles.